The van der Waals surface area contributed by atoms with E-state index in [4.69, 9.17) is 0 Å². The van der Waals surface area contributed by atoms with Crippen molar-refractivity contribution in [3.05, 3.63) is 12.2 Å². The molecule has 11 heavy (non-hydrogen) atoms. The van der Waals surface area contributed by atoms with Gasteiger partial charge in [-0.1, -0.05) is 20.4 Å². The third-order valence-corrected chi connectivity index (χ3v) is 3.72. The Labute approximate surface area is 68.1 Å². The minimum Gasteiger partial charge on any atom is -0.389 e. The van der Waals surface area contributed by atoms with Crippen molar-refractivity contribution in [1.29, 1.82) is 0 Å². The Morgan fingerprint density at radius 1 is 1.55 bits per heavy atom. The van der Waals surface area contributed by atoms with Crippen LogP contribution in [0, 0.1) is 17.3 Å². The van der Waals surface area contributed by atoms with Gasteiger partial charge in [0.1, 0.15) is 0 Å². The van der Waals surface area contributed by atoms with Crippen LogP contribution in [0.25, 0.3) is 0 Å². The highest BCUT2D eigenvalue weighted by Crippen LogP contribution is 2.69. The molecule has 1 heteroatoms. The van der Waals surface area contributed by atoms with Gasteiger partial charge >= 0.3 is 0 Å². The van der Waals surface area contributed by atoms with E-state index in [0.717, 1.165) is 12.0 Å². The van der Waals surface area contributed by atoms with E-state index in [1.807, 2.05) is 0 Å². The summed E-state index contributed by atoms with van der Waals surface area (Å²) in [4.78, 5) is 0. The normalized spacial score (nSPS) is 48.2. The smallest absolute Gasteiger partial charge is 0.0756 e. The third-order valence-electron chi connectivity index (χ3n) is 3.72. The zero-order chi connectivity index (χ0) is 8.22. The van der Waals surface area contributed by atoms with Crippen LogP contribution in [0.4, 0.5) is 0 Å². The number of aliphatic hydroxyl groups is 1. The molecule has 0 bridgehead atoms. The number of hydrogen-bond acceptors (Lipinski definition) is 1. The fraction of sp³-hybridized carbons (Fsp3) is 0.800. The maximum absolute atomic E-state index is 9.51. The van der Waals surface area contributed by atoms with Crippen LogP contribution in [0.1, 0.15) is 26.7 Å². The molecule has 62 valence electrons. The van der Waals surface area contributed by atoms with Gasteiger partial charge in [-0.3, -0.25) is 0 Å². The summed E-state index contributed by atoms with van der Waals surface area (Å²) in [5, 5.41) is 9.51. The molecule has 0 heterocycles. The van der Waals surface area contributed by atoms with Crippen molar-refractivity contribution in [3.63, 3.8) is 0 Å². The Morgan fingerprint density at radius 2 is 2.18 bits per heavy atom. The first-order valence-electron chi connectivity index (χ1n) is 4.44. The van der Waals surface area contributed by atoms with E-state index in [1.54, 1.807) is 0 Å². The van der Waals surface area contributed by atoms with E-state index in [2.05, 4.69) is 20.4 Å². The molecule has 3 atom stereocenters. The van der Waals surface area contributed by atoms with Crippen LogP contribution in [-0.2, 0) is 0 Å². The van der Waals surface area contributed by atoms with Crippen molar-refractivity contribution < 1.29 is 5.11 Å². The Bertz CT molecular complexity index is 207. The van der Waals surface area contributed by atoms with Crippen LogP contribution in [0.2, 0.25) is 0 Å². The first-order valence-corrected chi connectivity index (χ1v) is 4.44. The van der Waals surface area contributed by atoms with E-state index >= 15 is 0 Å². The molecule has 2 aliphatic rings. The molecule has 0 aromatic heterocycles. The van der Waals surface area contributed by atoms with Gasteiger partial charge in [0.2, 0.25) is 0 Å². The van der Waals surface area contributed by atoms with Gasteiger partial charge in [0.25, 0.3) is 0 Å². The van der Waals surface area contributed by atoms with E-state index in [1.165, 1.54) is 6.42 Å². The molecule has 0 radical (unpaired) electrons. The Balaban J connectivity index is 2.20. The second-order valence-corrected chi connectivity index (χ2v) is 4.44. The highest BCUT2D eigenvalue weighted by atomic mass is 16.3. The summed E-state index contributed by atoms with van der Waals surface area (Å²) in [6.07, 6.45) is 2.05. The molecule has 1 N–H and O–H groups in total. The third kappa shape index (κ3) is 0.750. The van der Waals surface area contributed by atoms with Gasteiger partial charge < -0.3 is 5.11 Å². The maximum atomic E-state index is 9.51. The van der Waals surface area contributed by atoms with Crippen LogP contribution in [0.15, 0.2) is 12.2 Å². The predicted octanol–water partition coefficient (Wildman–Crippen LogP) is 1.97. The van der Waals surface area contributed by atoms with Gasteiger partial charge in [-0.05, 0) is 35.7 Å². The summed E-state index contributed by atoms with van der Waals surface area (Å²) < 4.78 is 0. The second-order valence-electron chi connectivity index (χ2n) is 4.44. The van der Waals surface area contributed by atoms with Crippen molar-refractivity contribution in [1.82, 2.24) is 0 Å². The molecule has 2 rings (SSSR count). The van der Waals surface area contributed by atoms with E-state index in [0.29, 0.717) is 17.3 Å². The summed E-state index contributed by atoms with van der Waals surface area (Å²) in [6, 6.07) is 0. The molecule has 0 spiro atoms. The first kappa shape index (κ1) is 7.35. The van der Waals surface area contributed by atoms with Crippen LogP contribution < -0.4 is 0 Å². The number of rotatable bonds is 1. The van der Waals surface area contributed by atoms with Gasteiger partial charge in [-0.2, -0.15) is 0 Å². The molecule has 1 nitrogen and oxygen atoms in total. The molecule has 2 saturated carbocycles. The van der Waals surface area contributed by atoms with E-state index in [9.17, 15) is 5.11 Å². The number of fused-ring (bicyclic) bond motifs is 1. The van der Waals surface area contributed by atoms with Gasteiger partial charge in [-0.15, -0.1) is 0 Å². The van der Waals surface area contributed by atoms with Crippen molar-refractivity contribution in [2.24, 2.45) is 17.3 Å². The fourth-order valence-corrected chi connectivity index (χ4v) is 2.64. The monoisotopic (exact) mass is 152 g/mol. The lowest BCUT2D eigenvalue weighted by Crippen LogP contribution is -2.12. The maximum Gasteiger partial charge on any atom is 0.0756 e. The molecule has 0 aromatic rings. The topological polar surface area (TPSA) is 20.2 Å². The van der Waals surface area contributed by atoms with Crippen molar-refractivity contribution in [3.8, 4) is 0 Å². The summed E-state index contributed by atoms with van der Waals surface area (Å²) in [6.45, 7) is 8.45. The quantitative estimate of drug-likeness (QED) is 0.569. The van der Waals surface area contributed by atoms with Gasteiger partial charge in [0.05, 0.1) is 6.10 Å². The average Bonchev–Trinajstić information content (AvgIpc) is 2.57. The standard InChI is InChI=1S/C10H16O/c1-6(2)10-4-8(10)7(3)9(11)5-10/h6,8-9,11H,3-5H2,1-2H3/t8?,9-,10-/m1/s1. The van der Waals surface area contributed by atoms with Gasteiger partial charge in [0.15, 0.2) is 0 Å². The van der Waals surface area contributed by atoms with Crippen molar-refractivity contribution >= 4 is 0 Å². The zero-order valence-corrected chi connectivity index (χ0v) is 7.30. The number of hydrogen-bond donors (Lipinski definition) is 1. The molecule has 0 amide bonds. The zero-order valence-electron chi connectivity index (χ0n) is 7.30. The molecular formula is C10H16O. The van der Waals surface area contributed by atoms with E-state index in [-0.39, 0.29) is 6.10 Å². The van der Waals surface area contributed by atoms with Crippen LogP contribution in [-0.4, -0.2) is 11.2 Å². The summed E-state index contributed by atoms with van der Waals surface area (Å²) in [7, 11) is 0. The van der Waals surface area contributed by atoms with E-state index < -0.39 is 0 Å². The minimum absolute atomic E-state index is 0.198. The predicted molar refractivity (Wildman–Crippen MR) is 45.1 cm³/mol. The Hall–Kier alpha value is -0.300. The summed E-state index contributed by atoms with van der Waals surface area (Å²) >= 11 is 0. The molecule has 0 saturated heterocycles. The van der Waals surface area contributed by atoms with Crippen molar-refractivity contribution in [2.75, 3.05) is 0 Å². The van der Waals surface area contributed by atoms with Crippen LogP contribution >= 0.6 is 0 Å². The molecule has 1 unspecified atom stereocenters. The highest BCUT2D eigenvalue weighted by Gasteiger charge is 2.63. The molecule has 0 aliphatic heterocycles. The lowest BCUT2D eigenvalue weighted by atomic mass is 9.89. The lowest BCUT2D eigenvalue weighted by Gasteiger charge is -2.16. The molecule has 0 aromatic carbocycles. The lowest BCUT2D eigenvalue weighted by molar-refractivity contribution is 0.176. The number of aliphatic hydroxyl groups excluding tert-OH is 1. The molecule has 2 aliphatic carbocycles. The highest BCUT2D eigenvalue weighted by molar-refractivity contribution is 5.30. The largest absolute Gasteiger partial charge is 0.389 e. The van der Waals surface area contributed by atoms with Crippen LogP contribution in [0.5, 0.6) is 0 Å². The van der Waals surface area contributed by atoms with Gasteiger partial charge in [0, 0.05) is 0 Å². The van der Waals surface area contributed by atoms with Gasteiger partial charge in [-0.25, -0.2) is 0 Å². The Kier molecular flexibility index (Phi) is 1.26. The molecule has 2 fully saturated rings. The van der Waals surface area contributed by atoms with Crippen LogP contribution in [0.3, 0.4) is 0 Å². The van der Waals surface area contributed by atoms with Crippen molar-refractivity contribution in [2.45, 2.75) is 32.8 Å². The first-order chi connectivity index (χ1) is 5.08. The SMILES string of the molecule is C=C1C2C[C@]2(C(C)C)C[C@H]1O. The summed E-state index contributed by atoms with van der Waals surface area (Å²) in [5.74, 6) is 1.36. The minimum atomic E-state index is -0.198. The second kappa shape index (κ2) is 1.89. The summed E-state index contributed by atoms with van der Waals surface area (Å²) in [5.41, 5.74) is 1.55. The fourth-order valence-electron chi connectivity index (χ4n) is 2.64. The Morgan fingerprint density at radius 3 is 2.45 bits per heavy atom. The average molecular weight is 152 g/mol. The molecular weight excluding hydrogens is 136 g/mol.